The van der Waals surface area contributed by atoms with Crippen molar-refractivity contribution in [1.29, 1.82) is 0 Å². The summed E-state index contributed by atoms with van der Waals surface area (Å²) in [7, 11) is 0. The largest absolute Gasteiger partial charge is 0.370 e. The average Bonchev–Trinajstić information content (AvgIpc) is 3.28. The third-order valence-corrected chi connectivity index (χ3v) is 7.11. The number of aryl methyl sites for hydroxylation is 1. The van der Waals surface area contributed by atoms with Gasteiger partial charge in [-0.3, -0.25) is 18.9 Å². The maximum atomic E-state index is 13.4. The number of carbonyl (C=O) groups is 1. The normalized spacial score (nSPS) is 27.8. The van der Waals surface area contributed by atoms with Crippen molar-refractivity contribution < 1.29 is 9.53 Å². The fourth-order valence-electron chi connectivity index (χ4n) is 5.59. The van der Waals surface area contributed by atoms with E-state index in [9.17, 15) is 9.59 Å². The maximum Gasteiger partial charge on any atom is 0.270 e. The molecule has 0 bridgehead atoms. The van der Waals surface area contributed by atoms with Crippen molar-refractivity contribution in [3.05, 3.63) is 46.0 Å². The van der Waals surface area contributed by atoms with E-state index >= 15 is 0 Å². The van der Waals surface area contributed by atoms with Crippen LogP contribution < -0.4 is 5.56 Å². The molecule has 5 rings (SSSR count). The SMILES string of the molecule is Cc1ccn2c(=O)c(C(=O)N3CCO[C@@]4(CCCC[C@H]4N4CCCC4)C3)cnc2c1. The quantitative estimate of drug-likeness (QED) is 0.760. The molecule has 160 valence electrons. The van der Waals surface area contributed by atoms with E-state index in [0.717, 1.165) is 37.9 Å². The van der Waals surface area contributed by atoms with Gasteiger partial charge in [0.05, 0.1) is 13.2 Å². The Morgan fingerprint density at radius 2 is 2.03 bits per heavy atom. The van der Waals surface area contributed by atoms with Crippen molar-refractivity contribution in [2.45, 2.75) is 57.1 Å². The summed E-state index contributed by atoms with van der Waals surface area (Å²) in [6.45, 7) is 5.81. The predicted molar refractivity (Wildman–Crippen MR) is 114 cm³/mol. The minimum Gasteiger partial charge on any atom is -0.370 e. The molecule has 1 amide bonds. The molecule has 2 saturated heterocycles. The van der Waals surface area contributed by atoms with Crippen molar-refractivity contribution in [2.24, 2.45) is 0 Å². The van der Waals surface area contributed by atoms with E-state index in [1.807, 2.05) is 24.0 Å². The molecule has 2 atom stereocenters. The Morgan fingerprint density at radius 1 is 1.20 bits per heavy atom. The number of ether oxygens (including phenoxy) is 1. The molecule has 1 spiro atoms. The summed E-state index contributed by atoms with van der Waals surface area (Å²) in [4.78, 5) is 35.2. The van der Waals surface area contributed by atoms with Crippen molar-refractivity contribution in [2.75, 3.05) is 32.8 Å². The van der Waals surface area contributed by atoms with Crippen LogP contribution >= 0.6 is 0 Å². The first kappa shape index (κ1) is 19.7. The van der Waals surface area contributed by atoms with Crippen LogP contribution in [-0.2, 0) is 4.74 Å². The van der Waals surface area contributed by atoms with Crippen molar-refractivity contribution in [3.63, 3.8) is 0 Å². The Kier molecular flexibility index (Phi) is 5.11. The first-order chi connectivity index (χ1) is 14.6. The van der Waals surface area contributed by atoms with Crippen LogP contribution in [0.3, 0.4) is 0 Å². The summed E-state index contributed by atoms with van der Waals surface area (Å²) in [5.74, 6) is -0.226. The van der Waals surface area contributed by atoms with Crippen molar-refractivity contribution >= 4 is 11.6 Å². The van der Waals surface area contributed by atoms with Crippen LogP contribution in [0, 0.1) is 6.92 Å². The number of amides is 1. The number of carbonyl (C=O) groups excluding carboxylic acids is 1. The van der Waals surface area contributed by atoms with Gasteiger partial charge < -0.3 is 9.64 Å². The lowest BCUT2D eigenvalue weighted by Crippen LogP contribution is -2.64. The van der Waals surface area contributed by atoms with Gasteiger partial charge in [-0.2, -0.15) is 0 Å². The maximum absolute atomic E-state index is 13.4. The van der Waals surface area contributed by atoms with Gasteiger partial charge >= 0.3 is 0 Å². The van der Waals surface area contributed by atoms with Crippen LogP contribution in [0.15, 0.2) is 29.3 Å². The second-order valence-electron chi connectivity index (χ2n) is 9.05. The van der Waals surface area contributed by atoms with Gasteiger partial charge in [-0.15, -0.1) is 0 Å². The summed E-state index contributed by atoms with van der Waals surface area (Å²) in [6, 6.07) is 4.07. The number of rotatable bonds is 2. The third kappa shape index (κ3) is 3.34. The van der Waals surface area contributed by atoms with Crippen molar-refractivity contribution in [1.82, 2.24) is 19.2 Å². The molecule has 1 saturated carbocycles. The monoisotopic (exact) mass is 410 g/mol. The van der Waals surface area contributed by atoms with Gasteiger partial charge in [-0.25, -0.2) is 4.98 Å². The second-order valence-corrected chi connectivity index (χ2v) is 9.05. The fourth-order valence-corrected chi connectivity index (χ4v) is 5.59. The van der Waals surface area contributed by atoms with Gasteiger partial charge in [0.25, 0.3) is 11.5 Å². The molecule has 30 heavy (non-hydrogen) atoms. The smallest absolute Gasteiger partial charge is 0.270 e. The molecule has 2 aromatic rings. The van der Waals surface area contributed by atoms with Crippen LogP contribution in [0.1, 0.15) is 54.4 Å². The van der Waals surface area contributed by atoms with E-state index in [-0.39, 0.29) is 22.6 Å². The molecule has 0 radical (unpaired) electrons. The number of pyridine rings is 1. The van der Waals surface area contributed by atoms with E-state index in [1.54, 1.807) is 6.20 Å². The zero-order chi connectivity index (χ0) is 20.7. The molecular formula is C23H30N4O3. The van der Waals surface area contributed by atoms with Crippen LogP contribution in [0.25, 0.3) is 5.65 Å². The first-order valence-corrected chi connectivity index (χ1v) is 11.2. The predicted octanol–water partition coefficient (Wildman–Crippen LogP) is 2.25. The van der Waals surface area contributed by atoms with E-state index in [0.29, 0.717) is 31.4 Å². The minimum absolute atomic E-state index is 0.141. The minimum atomic E-state index is -0.311. The van der Waals surface area contributed by atoms with Gasteiger partial charge in [0.2, 0.25) is 0 Å². The van der Waals surface area contributed by atoms with E-state index in [4.69, 9.17) is 4.74 Å². The van der Waals surface area contributed by atoms with Gasteiger partial charge in [0, 0.05) is 25.0 Å². The summed E-state index contributed by atoms with van der Waals surface area (Å²) in [6.07, 6.45) is 10.1. The standard InChI is InChI=1S/C23H30N4O3/c1-17-7-11-27-20(14-17)24-15-18(22(27)29)21(28)26-12-13-30-23(16-26)8-3-2-6-19(23)25-9-4-5-10-25/h7,11,14-15,19H,2-6,8-10,12-13,16H2,1H3/t19-,23+/m1/s1. The average molecular weight is 411 g/mol. The van der Waals surface area contributed by atoms with Crippen molar-refractivity contribution in [3.8, 4) is 0 Å². The fraction of sp³-hybridized carbons (Fsp3) is 0.609. The van der Waals surface area contributed by atoms with Crippen LogP contribution in [0.2, 0.25) is 0 Å². The zero-order valence-electron chi connectivity index (χ0n) is 17.7. The summed E-state index contributed by atoms with van der Waals surface area (Å²) < 4.78 is 7.89. The Morgan fingerprint density at radius 3 is 2.87 bits per heavy atom. The number of fused-ring (bicyclic) bond motifs is 1. The number of nitrogens with zero attached hydrogens (tertiary/aromatic N) is 4. The molecule has 3 aliphatic rings. The highest BCUT2D eigenvalue weighted by Gasteiger charge is 2.49. The van der Waals surface area contributed by atoms with Crippen LogP contribution in [0.4, 0.5) is 0 Å². The highest BCUT2D eigenvalue weighted by atomic mass is 16.5. The lowest BCUT2D eigenvalue weighted by Gasteiger charge is -2.52. The molecule has 7 nitrogen and oxygen atoms in total. The highest BCUT2D eigenvalue weighted by Crippen LogP contribution is 2.39. The third-order valence-electron chi connectivity index (χ3n) is 7.11. The number of aromatic nitrogens is 2. The van der Waals surface area contributed by atoms with E-state index in [2.05, 4.69) is 9.88 Å². The number of likely N-dealkylation sites (tertiary alicyclic amines) is 1. The summed E-state index contributed by atoms with van der Waals surface area (Å²) in [5.41, 5.74) is 1.12. The molecular weight excluding hydrogens is 380 g/mol. The van der Waals surface area contributed by atoms with Gasteiger partial charge in [0.15, 0.2) is 0 Å². The lowest BCUT2D eigenvalue weighted by atomic mass is 9.78. The second kappa shape index (κ2) is 7.78. The van der Waals surface area contributed by atoms with Gasteiger partial charge in [0.1, 0.15) is 16.8 Å². The molecule has 0 N–H and O–H groups in total. The zero-order valence-corrected chi connectivity index (χ0v) is 17.7. The molecule has 1 aliphatic carbocycles. The Hall–Kier alpha value is -2.25. The summed E-state index contributed by atoms with van der Waals surface area (Å²) >= 11 is 0. The Bertz CT molecular complexity index is 1010. The summed E-state index contributed by atoms with van der Waals surface area (Å²) in [5, 5.41) is 0. The van der Waals surface area contributed by atoms with Gasteiger partial charge in [-0.05, 0) is 63.4 Å². The molecule has 2 aliphatic heterocycles. The van der Waals surface area contributed by atoms with E-state index in [1.165, 1.54) is 29.9 Å². The Labute approximate surface area is 176 Å². The topological polar surface area (TPSA) is 67.2 Å². The molecule has 7 heteroatoms. The highest BCUT2D eigenvalue weighted by molar-refractivity contribution is 5.94. The first-order valence-electron chi connectivity index (χ1n) is 11.2. The van der Waals surface area contributed by atoms with Crippen LogP contribution in [0.5, 0.6) is 0 Å². The molecule has 3 fully saturated rings. The number of hydrogen-bond acceptors (Lipinski definition) is 5. The molecule has 0 unspecified atom stereocenters. The lowest BCUT2D eigenvalue weighted by molar-refractivity contribution is -0.156. The Balaban J connectivity index is 1.43. The van der Waals surface area contributed by atoms with Gasteiger partial charge in [-0.1, -0.05) is 12.8 Å². The molecule has 4 heterocycles. The molecule has 2 aromatic heterocycles. The molecule has 0 aromatic carbocycles. The number of hydrogen-bond donors (Lipinski definition) is 0. The van der Waals surface area contributed by atoms with Crippen LogP contribution in [-0.4, -0.2) is 69.5 Å². The number of morpholine rings is 1. The van der Waals surface area contributed by atoms with E-state index < -0.39 is 0 Å².